The molecule has 2 nitrogen and oxygen atoms in total. The van der Waals surface area contributed by atoms with E-state index in [4.69, 9.17) is 4.98 Å². The maximum Gasteiger partial charge on any atom is 0.124 e. The van der Waals surface area contributed by atoms with Crippen molar-refractivity contribution in [2.24, 2.45) is 0 Å². The van der Waals surface area contributed by atoms with Gasteiger partial charge in [0.15, 0.2) is 0 Å². The highest BCUT2D eigenvalue weighted by molar-refractivity contribution is 7.28. The molecule has 0 bridgehead atoms. The lowest BCUT2D eigenvalue weighted by molar-refractivity contribution is 1.29. The summed E-state index contributed by atoms with van der Waals surface area (Å²) in [6.07, 6.45) is 0. The fourth-order valence-electron chi connectivity index (χ4n) is 8.12. The predicted octanol–water partition coefficient (Wildman–Crippen LogP) is 15.4. The van der Waals surface area contributed by atoms with Crippen molar-refractivity contribution in [1.82, 2.24) is 4.98 Å². The van der Waals surface area contributed by atoms with Gasteiger partial charge in [-0.3, -0.25) is 0 Å². The molecule has 0 aliphatic heterocycles. The van der Waals surface area contributed by atoms with E-state index in [9.17, 15) is 0 Å². The fraction of sp³-hybridized carbons (Fsp3) is 0. The molecule has 2 aromatic heterocycles. The van der Waals surface area contributed by atoms with Gasteiger partial charge in [-0.25, -0.2) is 4.98 Å². The van der Waals surface area contributed by atoms with E-state index >= 15 is 0 Å². The number of hydrogen-bond acceptors (Lipinski definition) is 4. The summed E-state index contributed by atoms with van der Waals surface area (Å²) in [7, 11) is 0. The molecule has 0 atom stereocenters. The number of aromatic nitrogens is 1. The average Bonchev–Trinajstić information content (AvgIpc) is 3.86. The zero-order valence-corrected chi connectivity index (χ0v) is 31.3. The third kappa shape index (κ3) is 5.41. The lowest BCUT2D eigenvalue weighted by Crippen LogP contribution is -2.11. The van der Waals surface area contributed by atoms with Crippen LogP contribution in [0.15, 0.2) is 194 Å². The fourth-order valence-corrected chi connectivity index (χ4v) is 10.4. The number of benzene rings is 9. The van der Waals surface area contributed by atoms with E-state index in [-0.39, 0.29) is 0 Å². The number of thiophene rings is 1. The van der Waals surface area contributed by atoms with Crippen molar-refractivity contribution >= 4 is 91.7 Å². The molecule has 9 aromatic carbocycles. The Balaban J connectivity index is 1.11. The van der Waals surface area contributed by atoms with Crippen molar-refractivity contribution < 1.29 is 0 Å². The van der Waals surface area contributed by atoms with Crippen LogP contribution in [0.25, 0.3) is 84.8 Å². The van der Waals surface area contributed by atoms with Gasteiger partial charge in [0.25, 0.3) is 0 Å². The van der Waals surface area contributed by atoms with Crippen LogP contribution in [0.5, 0.6) is 0 Å². The Kier molecular flexibility index (Phi) is 7.58. The van der Waals surface area contributed by atoms with Gasteiger partial charge in [0.1, 0.15) is 5.01 Å². The molecule has 55 heavy (non-hydrogen) atoms. The van der Waals surface area contributed by atoms with E-state index in [2.05, 4.69) is 199 Å². The van der Waals surface area contributed by atoms with E-state index in [1.807, 2.05) is 11.3 Å². The molecule has 0 saturated carbocycles. The first-order valence-corrected chi connectivity index (χ1v) is 20.2. The van der Waals surface area contributed by atoms with Crippen molar-refractivity contribution in [2.45, 2.75) is 0 Å². The maximum atomic E-state index is 5.10. The Morgan fingerprint density at radius 1 is 0.400 bits per heavy atom. The summed E-state index contributed by atoms with van der Waals surface area (Å²) >= 11 is 3.64. The van der Waals surface area contributed by atoms with Gasteiger partial charge in [0, 0.05) is 42.7 Å². The molecule has 0 aliphatic carbocycles. The normalized spacial score (nSPS) is 11.6. The van der Waals surface area contributed by atoms with Crippen molar-refractivity contribution in [2.75, 3.05) is 4.90 Å². The van der Waals surface area contributed by atoms with Crippen molar-refractivity contribution in [3.05, 3.63) is 194 Å². The molecule has 258 valence electrons. The zero-order chi connectivity index (χ0) is 36.3. The smallest absolute Gasteiger partial charge is 0.124 e. The van der Waals surface area contributed by atoms with Crippen LogP contribution in [0.2, 0.25) is 0 Å². The largest absolute Gasteiger partial charge is 0.310 e. The molecule has 0 unspecified atom stereocenters. The first kappa shape index (κ1) is 31.9. The SMILES string of the molecule is c1ccc(-c2nc3ccc4sc5ccc(N(c6ccc(-c7cc8ccccc8c8ccccc78)cc6)c6ccccc6-c6ccccc6)cc5c4c3s2)cc1. The van der Waals surface area contributed by atoms with E-state index in [1.165, 1.54) is 68.7 Å². The van der Waals surface area contributed by atoms with E-state index in [0.29, 0.717) is 0 Å². The predicted molar refractivity (Wildman–Crippen MR) is 239 cm³/mol. The lowest BCUT2D eigenvalue weighted by atomic mass is 9.93. The van der Waals surface area contributed by atoms with Gasteiger partial charge in [-0.05, 0) is 92.8 Å². The number of nitrogens with zero attached hydrogens (tertiary/aromatic N) is 2. The van der Waals surface area contributed by atoms with Gasteiger partial charge in [-0.2, -0.15) is 0 Å². The summed E-state index contributed by atoms with van der Waals surface area (Å²) in [5.74, 6) is 0. The highest BCUT2D eigenvalue weighted by Crippen LogP contribution is 2.47. The minimum Gasteiger partial charge on any atom is -0.310 e. The molecule has 11 rings (SSSR count). The number of para-hydroxylation sites is 1. The van der Waals surface area contributed by atoms with Crippen LogP contribution in [0.1, 0.15) is 0 Å². The second-order valence-corrected chi connectivity index (χ2v) is 16.0. The zero-order valence-electron chi connectivity index (χ0n) is 29.7. The summed E-state index contributed by atoms with van der Waals surface area (Å²) in [5, 5.41) is 8.67. The number of fused-ring (bicyclic) bond motifs is 8. The number of anilines is 3. The molecule has 0 N–H and O–H groups in total. The maximum absolute atomic E-state index is 5.10. The second kappa shape index (κ2) is 13.1. The van der Waals surface area contributed by atoms with Crippen molar-refractivity contribution in [1.29, 1.82) is 0 Å². The number of thiazole rings is 1. The Morgan fingerprint density at radius 2 is 1.04 bits per heavy atom. The Labute approximate surface area is 326 Å². The molecule has 0 amide bonds. The number of rotatable bonds is 6. The minimum absolute atomic E-state index is 1.05. The molecule has 0 spiro atoms. The first-order valence-electron chi connectivity index (χ1n) is 18.5. The molecular weight excluding hydrogens is 705 g/mol. The second-order valence-electron chi connectivity index (χ2n) is 13.9. The van der Waals surface area contributed by atoms with Gasteiger partial charge in [-0.1, -0.05) is 140 Å². The van der Waals surface area contributed by atoms with E-state index in [0.717, 1.165) is 33.1 Å². The minimum atomic E-state index is 1.05. The summed E-state index contributed by atoms with van der Waals surface area (Å²) in [6.45, 7) is 0. The molecular formula is C51H32N2S2. The average molecular weight is 737 g/mol. The van der Waals surface area contributed by atoms with Gasteiger partial charge in [-0.15, -0.1) is 22.7 Å². The molecule has 0 fully saturated rings. The quantitative estimate of drug-likeness (QED) is 0.158. The summed E-state index contributed by atoms with van der Waals surface area (Å²) < 4.78 is 3.80. The Hall–Kier alpha value is -6.59. The van der Waals surface area contributed by atoms with Gasteiger partial charge < -0.3 is 4.90 Å². The highest BCUT2D eigenvalue weighted by Gasteiger charge is 2.20. The molecule has 0 saturated heterocycles. The first-order chi connectivity index (χ1) is 27.3. The molecule has 0 radical (unpaired) electrons. The van der Waals surface area contributed by atoms with Crippen LogP contribution in [-0.4, -0.2) is 4.98 Å². The molecule has 4 heteroatoms. The van der Waals surface area contributed by atoms with Crippen molar-refractivity contribution in [3.63, 3.8) is 0 Å². The lowest BCUT2D eigenvalue weighted by Gasteiger charge is -2.28. The van der Waals surface area contributed by atoms with Crippen LogP contribution >= 0.6 is 22.7 Å². The topological polar surface area (TPSA) is 16.1 Å². The number of hydrogen-bond donors (Lipinski definition) is 0. The van der Waals surface area contributed by atoms with Crippen LogP contribution in [0.4, 0.5) is 17.1 Å². The van der Waals surface area contributed by atoms with Crippen LogP contribution in [0, 0.1) is 0 Å². The summed E-state index contributed by atoms with van der Waals surface area (Å²) in [6, 6.07) is 70.3. The third-order valence-corrected chi connectivity index (χ3v) is 13.0. The van der Waals surface area contributed by atoms with Gasteiger partial charge >= 0.3 is 0 Å². The van der Waals surface area contributed by atoms with Crippen molar-refractivity contribution in [3.8, 4) is 32.8 Å². The van der Waals surface area contributed by atoms with Crippen LogP contribution in [0.3, 0.4) is 0 Å². The molecule has 11 aromatic rings. The van der Waals surface area contributed by atoms with Crippen LogP contribution < -0.4 is 4.90 Å². The highest BCUT2D eigenvalue weighted by atomic mass is 32.1. The van der Waals surface area contributed by atoms with E-state index in [1.54, 1.807) is 11.3 Å². The Morgan fingerprint density at radius 3 is 1.85 bits per heavy atom. The molecule has 2 heterocycles. The molecule has 0 aliphatic rings. The standard InChI is InChI=1S/C51H32N2S2/c1-3-13-33(14-4-1)40-19-11-12-22-46(40)53(37-25-23-34(24-26-37)43-31-36-17-7-8-18-39(36)41-20-9-10-21-42(41)43)38-27-29-47-44(32-38)49-48(54-47)30-28-45-50(49)55-51(52-45)35-15-5-2-6-16-35/h1-32H. The summed E-state index contributed by atoms with van der Waals surface area (Å²) in [4.78, 5) is 7.53. The Bertz CT molecular complexity index is 3200. The summed E-state index contributed by atoms with van der Waals surface area (Å²) in [5.41, 5.74) is 10.4. The third-order valence-electron chi connectivity index (χ3n) is 10.7. The van der Waals surface area contributed by atoms with Crippen LogP contribution in [-0.2, 0) is 0 Å². The van der Waals surface area contributed by atoms with Gasteiger partial charge in [0.2, 0.25) is 0 Å². The van der Waals surface area contributed by atoms with E-state index < -0.39 is 0 Å². The van der Waals surface area contributed by atoms with Gasteiger partial charge in [0.05, 0.1) is 15.9 Å². The monoisotopic (exact) mass is 736 g/mol.